The quantitative estimate of drug-likeness (QED) is 0.764. The van der Waals surface area contributed by atoms with E-state index < -0.39 is 0 Å². The molecule has 0 radical (unpaired) electrons. The number of pyridine rings is 1. The van der Waals surface area contributed by atoms with Crippen molar-refractivity contribution in [3.05, 3.63) is 30.1 Å². The Hall–Kier alpha value is -0.930. The van der Waals surface area contributed by atoms with Crippen LogP contribution in [0.3, 0.4) is 0 Å². The zero-order valence-electron chi connectivity index (χ0n) is 9.11. The highest BCUT2D eigenvalue weighted by atomic mass is 16.3. The fourth-order valence-corrected chi connectivity index (χ4v) is 1.85. The molecule has 1 aromatic heterocycles. The Morgan fingerprint density at radius 2 is 2.13 bits per heavy atom. The van der Waals surface area contributed by atoms with Crippen LogP contribution in [-0.2, 0) is 6.54 Å². The molecular weight excluding hydrogens is 188 g/mol. The van der Waals surface area contributed by atoms with Crippen molar-refractivity contribution in [3.8, 4) is 0 Å². The lowest BCUT2D eigenvalue weighted by molar-refractivity contribution is 0.153. The third-order valence-corrected chi connectivity index (χ3v) is 3.25. The van der Waals surface area contributed by atoms with E-state index in [0.29, 0.717) is 5.92 Å². The van der Waals surface area contributed by atoms with E-state index in [1.165, 1.54) is 18.4 Å². The molecule has 1 aliphatic rings. The summed E-state index contributed by atoms with van der Waals surface area (Å²) in [5, 5.41) is 12.8. The van der Waals surface area contributed by atoms with Gasteiger partial charge in [-0.15, -0.1) is 0 Å². The van der Waals surface area contributed by atoms with E-state index in [1.807, 2.05) is 12.1 Å². The number of rotatable bonds is 5. The number of hydrogen-bond acceptors (Lipinski definition) is 3. The molecule has 3 nitrogen and oxygen atoms in total. The van der Waals surface area contributed by atoms with Gasteiger partial charge in [0, 0.05) is 24.5 Å². The minimum Gasteiger partial charge on any atom is -0.394 e. The van der Waals surface area contributed by atoms with Crippen molar-refractivity contribution >= 4 is 0 Å². The summed E-state index contributed by atoms with van der Waals surface area (Å²) in [6.07, 6.45) is 6.07. The van der Waals surface area contributed by atoms with Gasteiger partial charge in [0.05, 0.1) is 6.61 Å². The van der Waals surface area contributed by atoms with Gasteiger partial charge < -0.3 is 10.4 Å². The highest BCUT2D eigenvalue weighted by molar-refractivity contribution is 5.10. The Morgan fingerprint density at radius 1 is 1.47 bits per heavy atom. The predicted molar refractivity (Wildman–Crippen MR) is 59.3 cm³/mol. The second-order valence-corrected chi connectivity index (χ2v) is 4.56. The van der Waals surface area contributed by atoms with Crippen LogP contribution in [0.1, 0.15) is 25.3 Å². The van der Waals surface area contributed by atoms with E-state index in [9.17, 15) is 5.11 Å². The normalized spacial score (nSPS) is 19.9. The summed E-state index contributed by atoms with van der Waals surface area (Å²) in [5.74, 6) is 0.643. The van der Waals surface area contributed by atoms with Gasteiger partial charge in [-0.1, -0.05) is 0 Å². The van der Waals surface area contributed by atoms with Crippen LogP contribution in [0.2, 0.25) is 0 Å². The van der Waals surface area contributed by atoms with Crippen LogP contribution in [0.5, 0.6) is 0 Å². The Kier molecular flexibility index (Phi) is 3.03. The summed E-state index contributed by atoms with van der Waals surface area (Å²) < 4.78 is 0. The summed E-state index contributed by atoms with van der Waals surface area (Å²) in [6, 6.07) is 4.00. The van der Waals surface area contributed by atoms with Gasteiger partial charge in [-0.3, -0.25) is 4.98 Å². The second-order valence-electron chi connectivity index (χ2n) is 4.56. The lowest BCUT2D eigenvalue weighted by Crippen LogP contribution is -2.47. The van der Waals surface area contributed by atoms with E-state index >= 15 is 0 Å². The molecule has 0 spiro atoms. The molecule has 82 valence electrons. The molecule has 0 amide bonds. The van der Waals surface area contributed by atoms with Crippen LogP contribution in [0.25, 0.3) is 0 Å². The lowest BCUT2D eigenvalue weighted by Gasteiger charge is -2.29. The first-order chi connectivity index (χ1) is 7.24. The van der Waals surface area contributed by atoms with Crippen LogP contribution >= 0.6 is 0 Å². The molecule has 2 rings (SSSR count). The Balaban J connectivity index is 1.91. The highest BCUT2D eigenvalue weighted by Gasteiger charge is 2.40. The number of nitrogens with zero attached hydrogens (tertiary/aromatic N) is 1. The minimum absolute atomic E-state index is 0.108. The zero-order valence-corrected chi connectivity index (χ0v) is 9.11. The van der Waals surface area contributed by atoms with Crippen molar-refractivity contribution in [1.29, 1.82) is 0 Å². The third-order valence-electron chi connectivity index (χ3n) is 3.25. The van der Waals surface area contributed by atoms with Gasteiger partial charge in [0.2, 0.25) is 0 Å². The average molecular weight is 206 g/mol. The maximum Gasteiger partial charge on any atom is 0.0613 e. The first kappa shape index (κ1) is 10.6. The average Bonchev–Trinajstić information content (AvgIpc) is 3.11. The fraction of sp³-hybridized carbons (Fsp3) is 0.583. The standard InChI is InChI=1S/C12H18N2O/c1-12(9-15,11-2-3-11)14-8-10-4-6-13-7-5-10/h4-7,11,14-15H,2-3,8-9H2,1H3. The van der Waals surface area contributed by atoms with Crippen molar-refractivity contribution in [2.45, 2.75) is 31.8 Å². The summed E-state index contributed by atoms with van der Waals surface area (Å²) in [4.78, 5) is 3.98. The van der Waals surface area contributed by atoms with Crippen molar-refractivity contribution in [2.75, 3.05) is 6.61 Å². The Morgan fingerprint density at radius 3 is 2.67 bits per heavy atom. The maximum atomic E-state index is 9.40. The summed E-state index contributed by atoms with van der Waals surface area (Å²) in [7, 11) is 0. The van der Waals surface area contributed by atoms with Gasteiger partial charge in [0.1, 0.15) is 0 Å². The van der Waals surface area contributed by atoms with Gasteiger partial charge >= 0.3 is 0 Å². The lowest BCUT2D eigenvalue weighted by atomic mass is 9.96. The molecule has 1 unspecified atom stereocenters. The molecule has 1 aromatic rings. The fourth-order valence-electron chi connectivity index (χ4n) is 1.85. The van der Waals surface area contributed by atoms with Gasteiger partial charge in [0.15, 0.2) is 0 Å². The topological polar surface area (TPSA) is 45.1 Å². The monoisotopic (exact) mass is 206 g/mol. The molecule has 1 aliphatic carbocycles. The Bertz CT molecular complexity index is 311. The smallest absolute Gasteiger partial charge is 0.0613 e. The number of aliphatic hydroxyl groups is 1. The van der Waals surface area contributed by atoms with E-state index in [1.54, 1.807) is 12.4 Å². The number of aliphatic hydroxyl groups excluding tert-OH is 1. The second kappa shape index (κ2) is 4.29. The molecular formula is C12H18N2O. The largest absolute Gasteiger partial charge is 0.394 e. The van der Waals surface area contributed by atoms with E-state index in [4.69, 9.17) is 0 Å². The summed E-state index contributed by atoms with van der Waals surface area (Å²) in [6.45, 7) is 3.12. The molecule has 0 bridgehead atoms. The van der Waals surface area contributed by atoms with Crippen molar-refractivity contribution in [2.24, 2.45) is 5.92 Å². The maximum absolute atomic E-state index is 9.40. The molecule has 0 aromatic carbocycles. The molecule has 1 atom stereocenters. The van der Waals surface area contributed by atoms with Crippen LogP contribution < -0.4 is 5.32 Å². The summed E-state index contributed by atoms with van der Waals surface area (Å²) in [5.41, 5.74) is 1.11. The molecule has 1 saturated carbocycles. The molecule has 3 heteroatoms. The van der Waals surface area contributed by atoms with E-state index in [-0.39, 0.29) is 12.1 Å². The first-order valence-electron chi connectivity index (χ1n) is 5.49. The zero-order chi connectivity index (χ0) is 10.7. The van der Waals surface area contributed by atoms with Crippen LogP contribution in [0, 0.1) is 5.92 Å². The van der Waals surface area contributed by atoms with E-state index in [2.05, 4.69) is 17.2 Å². The first-order valence-corrected chi connectivity index (χ1v) is 5.49. The molecule has 0 saturated heterocycles. The number of nitrogens with one attached hydrogen (secondary N) is 1. The molecule has 15 heavy (non-hydrogen) atoms. The predicted octanol–water partition coefficient (Wildman–Crippen LogP) is 1.33. The van der Waals surface area contributed by atoms with Gasteiger partial charge in [0.25, 0.3) is 0 Å². The molecule has 1 fully saturated rings. The van der Waals surface area contributed by atoms with Crippen molar-refractivity contribution in [3.63, 3.8) is 0 Å². The molecule has 1 heterocycles. The van der Waals surface area contributed by atoms with E-state index in [0.717, 1.165) is 6.54 Å². The van der Waals surface area contributed by atoms with Crippen LogP contribution in [0.4, 0.5) is 0 Å². The van der Waals surface area contributed by atoms with Crippen molar-refractivity contribution < 1.29 is 5.11 Å². The minimum atomic E-state index is -0.108. The SMILES string of the molecule is CC(CO)(NCc1ccncc1)C1CC1. The van der Waals surface area contributed by atoms with Gasteiger partial charge in [-0.2, -0.15) is 0 Å². The highest BCUT2D eigenvalue weighted by Crippen LogP contribution is 2.39. The van der Waals surface area contributed by atoms with Gasteiger partial charge in [-0.25, -0.2) is 0 Å². The Labute approximate surface area is 90.5 Å². The third kappa shape index (κ3) is 2.55. The van der Waals surface area contributed by atoms with Gasteiger partial charge in [-0.05, 0) is 43.4 Å². The number of hydrogen-bond donors (Lipinski definition) is 2. The molecule has 2 N–H and O–H groups in total. The van der Waals surface area contributed by atoms with Crippen LogP contribution in [-0.4, -0.2) is 22.2 Å². The molecule has 0 aliphatic heterocycles. The van der Waals surface area contributed by atoms with Crippen molar-refractivity contribution in [1.82, 2.24) is 10.3 Å². The van der Waals surface area contributed by atoms with Crippen LogP contribution in [0.15, 0.2) is 24.5 Å². The summed E-state index contributed by atoms with van der Waals surface area (Å²) >= 11 is 0. The number of aromatic nitrogens is 1.